The van der Waals surface area contributed by atoms with Crippen molar-refractivity contribution >= 4 is 29.2 Å². The van der Waals surface area contributed by atoms with Crippen molar-refractivity contribution in [2.24, 2.45) is 0 Å². The van der Waals surface area contributed by atoms with E-state index >= 15 is 0 Å². The average Bonchev–Trinajstić information content (AvgIpc) is 2.67. The van der Waals surface area contributed by atoms with Crippen LogP contribution < -0.4 is 10.2 Å². The van der Waals surface area contributed by atoms with Crippen molar-refractivity contribution in [3.63, 3.8) is 0 Å². The van der Waals surface area contributed by atoms with Crippen LogP contribution in [-0.4, -0.2) is 30.4 Å². The number of halogens is 3. The molecule has 0 spiro atoms. The van der Waals surface area contributed by atoms with Crippen LogP contribution in [0.2, 0.25) is 0 Å². The Morgan fingerprint density at radius 2 is 1.90 bits per heavy atom. The molecule has 3 rings (SSSR count). The van der Waals surface area contributed by atoms with Crippen LogP contribution in [0.4, 0.5) is 24.5 Å². The van der Waals surface area contributed by atoms with Crippen LogP contribution >= 0.6 is 0 Å². The summed E-state index contributed by atoms with van der Waals surface area (Å²) in [5.41, 5.74) is 0.677. The van der Waals surface area contributed by atoms with Gasteiger partial charge in [0.1, 0.15) is 6.54 Å². The Kier molecular flexibility index (Phi) is 5.82. The van der Waals surface area contributed by atoms with Crippen LogP contribution in [0.5, 0.6) is 0 Å². The number of hydrogen-bond donors (Lipinski definition) is 1. The summed E-state index contributed by atoms with van der Waals surface area (Å²) in [5, 5.41) is 2.34. The molecule has 0 saturated carbocycles. The van der Waals surface area contributed by atoms with Crippen molar-refractivity contribution < 1.29 is 32.3 Å². The molecule has 9 heteroatoms. The van der Waals surface area contributed by atoms with Gasteiger partial charge in [-0.25, -0.2) is 0 Å². The summed E-state index contributed by atoms with van der Waals surface area (Å²) in [6, 6.07) is 9.93. The highest BCUT2D eigenvalue weighted by atomic mass is 19.4. The number of anilines is 2. The third kappa shape index (κ3) is 4.61. The van der Waals surface area contributed by atoms with Crippen molar-refractivity contribution in [2.75, 3.05) is 16.8 Å². The summed E-state index contributed by atoms with van der Waals surface area (Å²) in [7, 11) is 0. The summed E-state index contributed by atoms with van der Waals surface area (Å²) < 4.78 is 44.0. The number of hydrogen-bond acceptors (Lipinski definition) is 4. The average molecular weight is 420 g/mol. The molecule has 2 amide bonds. The highest BCUT2D eigenvalue weighted by molar-refractivity contribution is 6.11. The number of amides is 2. The van der Waals surface area contributed by atoms with Gasteiger partial charge < -0.3 is 10.1 Å². The van der Waals surface area contributed by atoms with E-state index in [0.29, 0.717) is 0 Å². The Hall–Kier alpha value is -3.36. The van der Waals surface area contributed by atoms with Crippen LogP contribution in [0.1, 0.15) is 23.6 Å². The number of nitrogens with one attached hydrogen (secondary N) is 1. The highest BCUT2D eigenvalue weighted by Gasteiger charge is 2.35. The number of ether oxygens (including phenoxy) is 1. The molecule has 6 nitrogen and oxygen atoms in total. The minimum absolute atomic E-state index is 0.0314. The van der Waals surface area contributed by atoms with E-state index in [4.69, 9.17) is 4.74 Å². The fourth-order valence-electron chi connectivity index (χ4n) is 3.14. The molecule has 2 aromatic rings. The molecule has 30 heavy (non-hydrogen) atoms. The summed E-state index contributed by atoms with van der Waals surface area (Å²) >= 11 is 0. The monoisotopic (exact) mass is 420 g/mol. The second kappa shape index (κ2) is 8.17. The molecule has 2 aromatic carbocycles. The topological polar surface area (TPSA) is 75.7 Å². The molecule has 1 atom stereocenters. The fraction of sp³-hybridized carbons (Fsp3) is 0.286. The van der Waals surface area contributed by atoms with Gasteiger partial charge in [-0.2, -0.15) is 13.2 Å². The largest absolute Gasteiger partial charge is 0.452 e. The van der Waals surface area contributed by atoms with E-state index in [-0.39, 0.29) is 17.8 Å². The molecule has 1 N–H and O–H groups in total. The molecule has 0 aromatic heterocycles. The lowest BCUT2D eigenvalue weighted by Gasteiger charge is -2.31. The van der Waals surface area contributed by atoms with E-state index in [1.165, 1.54) is 6.92 Å². The number of benzene rings is 2. The lowest BCUT2D eigenvalue weighted by atomic mass is 10.1. The number of esters is 1. The second-order valence-corrected chi connectivity index (χ2v) is 6.94. The third-order valence-corrected chi connectivity index (χ3v) is 4.71. The van der Waals surface area contributed by atoms with Gasteiger partial charge in [0.2, 0.25) is 5.91 Å². The number of carbonyl (C=O) groups is 3. The van der Waals surface area contributed by atoms with Gasteiger partial charge in [-0.15, -0.1) is 0 Å². The number of aryl methyl sites for hydroxylation is 1. The van der Waals surface area contributed by atoms with E-state index in [9.17, 15) is 27.6 Å². The van der Waals surface area contributed by atoms with Gasteiger partial charge in [-0.3, -0.25) is 19.3 Å². The quantitative estimate of drug-likeness (QED) is 0.769. The Labute approximate surface area is 170 Å². The summed E-state index contributed by atoms with van der Waals surface area (Å²) in [4.78, 5) is 38.0. The van der Waals surface area contributed by atoms with Crippen LogP contribution in [-0.2, 0) is 31.7 Å². The zero-order valence-electron chi connectivity index (χ0n) is 16.2. The number of carbonyl (C=O) groups excluding carboxylic acids is 3. The minimum Gasteiger partial charge on any atom is -0.452 e. The summed E-state index contributed by atoms with van der Waals surface area (Å²) in [5.74, 6) is -1.98. The van der Waals surface area contributed by atoms with Gasteiger partial charge in [0.05, 0.1) is 23.4 Å². The van der Waals surface area contributed by atoms with Gasteiger partial charge in [-0.1, -0.05) is 24.3 Å². The summed E-state index contributed by atoms with van der Waals surface area (Å²) in [6.45, 7) is 2.81. The SMILES string of the molecule is Cc1ccccc1CC(=O)OC(C)C(=O)N1CC(=O)Nc2cc(C(F)(F)F)ccc21. The van der Waals surface area contributed by atoms with Crippen LogP contribution in [0.15, 0.2) is 42.5 Å². The van der Waals surface area contributed by atoms with Gasteiger partial charge in [0.15, 0.2) is 6.10 Å². The van der Waals surface area contributed by atoms with Crippen molar-refractivity contribution in [1.82, 2.24) is 0 Å². The van der Waals surface area contributed by atoms with Gasteiger partial charge in [0.25, 0.3) is 5.91 Å². The normalized spacial score (nSPS) is 14.6. The van der Waals surface area contributed by atoms with Crippen molar-refractivity contribution in [1.29, 1.82) is 0 Å². The number of rotatable bonds is 4. The molecular weight excluding hydrogens is 401 g/mol. The van der Waals surface area contributed by atoms with Gasteiger partial charge in [-0.05, 0) is 43.2 Å². The molecule has 0 aliphatic carbocycles. The Morgan fingerprint density at radius 1 is 1.20 bits per heavy atom. The zero-order valence-corrected chi connectivity index (χ0v) is 16.2. The maximum atomic E-state index is 12.9. The second-order valence-electron chi connectivity index (χ2n) is 6.94. The third-order valence-electron chi connectivity index (χ3n) is 4.71. The molecule has 1 heterocycles. The minimum atomic E-state index is -4.59. The van der Waals surface area contributed by atoms with E-state index in [1.807, 2.05) is 19.1 Å². The summed E-state index contributed by atoms with van der Waals surface area (Å²) in [6.07, 6.45) is -5.84. The van der Waals surface area contributed by atoms with Crippen molar-refractivity contribution in [2.45, 2.75) is 32.5 Å². The molecule has 1 aliphatic rings. The molecule has 0 saturated heterocycles. The molecule has 1 unspecified atom stereocenters. The fourth-order valence-corrected chi connectivity index (χ4v) is 3.14. The van der Waals surface area contributed by atoms with Crippen LogP contribution in [0.25, 0.3) is 0 Å². The molecule has 1 aliphatic heterocycles. The first-order valence-corrected chi connectivity index (χ1v) is 9.12. The molecule has 0 radical (unpaired) electrons. The van der Waals surface area contributed by atoms with Gasteiger partial charge in [0, 0.05) is 0 Å². The number of fused-ring (bicyclic) bond motifs is 1. The smallest absolute Gasteiger partial charge is 0.416 e. The first kappa shape index (κ1) is 21.4. The zero-order chi connectivity index (χ0) is 22.1. The van der Waals surface area contributed by atoms with E-state index in [2.05, 4.69) is 5.32 Å². The van der Waals surface area contributed by atoms with Crippen LogP contribution in [0.3, 0.4) is 0 Å². The Morgan fingerprint density at radius 3 is 2.57 bits per heavy atom. The molecular formula is C21H19F3N2O4. The van der Waals surface area contributed by atoms with Gasteiger partial charge >= 0.3 is 12.1 Å². The van der Waals surface area contributed by atoms with E-state index < -0.39 is 42.2 Å². The van der Waals surface area contributed by atoms with Crippen molar-refractivity contribution in [3.8, 4) is 0 Å². The van der Waals surface area contributed by atoms with Crippen molar-refractivity contribution in [3.05, 3.63) is 59.2 Å². The maximum absolute atomic E-state index is 12.9. The standard InChI is InChI=1S/C21H19F3N2O4/c1-12-5-3-4-6-14(12)9-19(28)30-13(2)20(29)26-11-18(27)25-16-10-15(21(22,23)24)7-8-17(16)26/h3-8,10,13H,9,11H2,1-2H3,(H,25,27). The Balaban J connectivity index is 1.75. The predicted octanol–water partition coefficient (Wildman–Crippen LogP) is 3.47. The predicted molar refractivity (Wildman–Crippen MR) is 103 cm³/mol. The lowest BCUT2D eigenvalue weighted by Crippen LogP contribution is -2.47. The first-order chi connectivity index (χ1) is 14.1. The molecule has 0 fully saturated rings. The lowest BCUT2D eigenvalue weighted by molar-refractivity contribution is -0.153. The number of alkyl halides is 3. The molecule has 0 bridgehead atoms. The first-order valence-electron chi connectivity index (χ1n) is 9.12. The Bertz CT molecular complexity index is 1000. The van der Waals surface area contributed by atoms with E-state index in [0.717, 1.165) is 34.2 Å². The number of nitrogens with zero attached hydrogens (tertiary/aromatic N) is 1. The molecule has 158 valence electrons. The van der Waals surface area contributed by atoms with E-state index in [1.54, 1.807) is 12.1 Å². The highest BCUT2D eigenvalue weighted by Crippen LogP contribution is 2.37. The van der Waals surface area contributed by atoms with Crippen LogP contribution in [0, 0.1) is 6.92 Å². The maximum Gasteiger partial charge on any atom is 0.416 e.